The zero-order valence-electron chi connectivity index (χ0n) is 19.7. The zero-order chi connectivity index (χ0) is 25.4. The van der Waals surface area contributed by atoms with Crippen LogP contribution in [-0.2, 0) is 6.54 Å². The van der Waals surface area contributed by atoms with Crippen molar-refractivity contribution in [3.05, 3.63) is 47.5 Å². The van der Waals surface area contributed by atoms with Crippen molar-refractivity contribution in [1.29, 1.82) is 0 Å². The Kier molecular flexibility index (Phi) is 6.14. The number of aromatic nitrogens is 2. The third-order valence-corrected chi connectivity index (χ3v) is 6.04. The Morgan fingerprint density at radius 3 is 2.23 bits per heavy atom. The van der Waals surface area contributed by atoms with E-state index in [4.69, 9.17) is 32.4 Å². The average molecular weight is 481 g/mol. The molecule has 4 rings (SSSR count). The van der Waals surface area contributed by atoms with E-state index in [0.717, 1.165) is 11.4 Å². The number of hydrogen-bond donors (Lipinski definition) is 4. The van der Waals surface area contributed by atoms with Crippen LogP contribution in [0.1, 0.15) is 20.7 Å². The molecule has 35 heavy (non-hydrogen) atoms. The van der Waals surface area contributed by atoms with Crippen molar-refractivity contribution in [2.24, 2.45) is 17.2 Å². The largest absolute Gasteiger partial charge is 0.494 e. The first kappa shape index (κ1) is 23.7. The molecule has 0 bridgehead atoms. The third-order valence-electron chi connectivity index (χ3n) is 6.04. The van der Waals surface area contributed by atoms with E-state index in [1.807, 2.05) is 29.0 Å². The van der Waals surface area contributed by atoms with Gasteiger partial charge in [-0.1, -0.05) is 12.2 Å². The fraction of sp³-hybridized carbons (Fsp3) is 0.261. The molecular weight excluding hydrogens is 452 g/mol. The molecule has 1 aliphatic heterocycles. The molecule has 0 saturated heterocycles. The summed E-state index contributed by atoms with van der Waals surface area (Å²) in [5, 5.41) is 0. The van der Waals surface area contributed by atoms with Crippen LogP contribution in [0.5, 0.6) is 11.5 Å². The molecule has 1 aromatic heterocycles. The molecule has 1 aliphatic rings. The lowest BCUT2D eigenvalue weighted by molar-refractivity contribution is 0.0991. The second kappa shape index (κ2) is 9.06. The molecular formula is C23H28N8O4. The number of allylic oxidation sites excluding steroid dienone is 1. The Hall–Kier alpha value is -4.45. The van der Waals surface area contributed by atoms with Crippen LogP contribution in [0.2, 0.25) is 0 Å². The fourth-order valence-electron chi connectivity index (χ4n) is 4.23. The number of anilines is 3. The summed E-state index contributed by atoms with van der Waals surface area (Å²) in [6.07, 6.45) is 3.39. The van der Waals surface area contributed by atoms with Gasteiger partial charge in [0.05, 0.1) is 25.4 Å². The lowest BCUT2D eigenvalue weighted by Crippen LogP contribution is -2.48. The van der Waals surface area contributed by atoms with Gasteiger partial charge in [-0.25, -0.2) is 4.98 Å². The van der Waals surface area contributed by atoms with Crippen LogP contribution in [0, 0.1) is 0 Å². The molecule has 12 heteroatoms. The molecule has 1 atom stereocenters. The van der Waals surface area contributed by atoms with E-state index in [2.05, 4.69) is 4.98 Å². The zero-order valence-corrected chi connectivity index (χ0v) is 19.7. The summed E-state index contributed by atoms with van der Waals surface area (Å²) in [5.41, 5.74) is 26.8. The Balaban J connectivity index is 1.60. The van der Waals surface area contributed by atoms with Crippen LogP contribution in [0.25, 0.3) is 11.0 Å². The minimum absolute atomic E-state index is 0.271. The highest BCUT2D eigenvalue weighted by Gasteiger charge is 2.34. The normalized spacial score (nSPS) is 15.1. The fourth-order valence-corrected chi connectivity index (χ4v) is 4.23. The molecule has 0 spiro atoms. The van der Waals surface area contributed by atoms with Crippen LogP contribution in [0.3, 0.4) is 0 Å². The second-order valence-corrected chi connectivity index (χ2v) is 8.05. The predicted octanol–water partition coefficient (Wildman–Crippen LogP) is 0.588. The Labute approximate surface area is 201 Å². The number of imidazole rings is 1. The summed E-state index contributed by atoms with van der Waals surface area (Å²) in [4.78, 5) is 31.5. The maximum atomic E-state index is 11.7. The average Bonchev–Trinajstić information content (AvgIpc) is 3.28. The molecule has 0 saturated carbocycles. The number of methoxy groups -OCH3 is 2. The van der Waals surface area contributed by atoms with Gasteiger partial charge in [0.2, 0.25) is 17.8 Å². The number of nitrogens with two attached hydrogens (primary N) is 4. The number of amides is 2. The third kappa shape index (κ3) is 4.04. The number of rotatable bonds is 8. The number of ether oxygens (including phenoxy) is 2. The molecule has 0 fully saturated rings. The summed E-state index contributed by atoms with van der Waals surface area (Å²) >= 11 is 0. The molecule has 0 aliphatic carbocycles. The summed E-state index contributed by atoms with van der Waals surface area (Å²) in [7, 11) is 4.87. The number of nitrogen functional groups attached to an aromatic ring is 1. The van der Waals surface area contributed by atoms with Gasteiger partial charge in [0.15, 0.2) is 6.29 Å². The van der Waals surface area contributed by atoms with Crippen LogP contribution in [0.4, 0.5) is 17.3 Å². The number of carbonyl (C=O) groups is 2. The molecule has 1 unspecified atom stereocenters. The summed E-state index contributed by atoms with van der Waals surface area (Å²) in [5.74, 6) is 0.0947. The van der Waals surface area contributed by atoms with Crippen molar-refractivity contribution >= 4 is 40.2 Å². The first-order valence-corrected chi connectivity index (χ1v) is 10.7. The summed E-state index contributed by atoms with van der Waals surface area (Å²) in [6.45, 7) is 0.860. The minimum Gasteiger partial charge on any atom is -0.494 e. The SMILES string of the molecule is COc1cc(C(N)=O)cc2c1N(C/C=C/Cn1c(N)nc3cc(C(N)=O)cc(OC)c31)C(N)N2C. The van der Waals surface area contributed by atoms with Crippen molar-refractivity contribution in [3.63, 3.8) is 0 Å². The maximum absolute atomic E-state index is 11.7. The molecule has 3 aromatic rings. The second-order valence-electron chi connectivity index (χ2n) is 8.05. The summed E-state index contributed by atoms with van der Waals surface area (Å²) < 4.78 is 12.8. The lowest BCUT2D eigenvalue weighted by Gasteiger charge is -2.26. The van der Waals surface area contributed by atoms with Gasteiger partial charge >= 0.3 is 0 Å². The number of fused-ring (bicyclic) bond motifs is 2. The van der Waals surface area contributed by atoms with Crippen LogP contribution < -0.4 is 42.2 Å². The number of primary amides is 2. The highest BCUT2D eigenvalue weighted by atomic mass is 16.5. The van der Waals surface area contributed by atoms with E-state index in [0.29, 0.717) is 41.2 Å². The van der Waals surface area contributed by atoms with Gasteiger partial charge in [-0.3, -0.25) is 15.3 Å². The van der Waals surface area contributed by atoms with Crippen molar-refractivity contribution in [2.75, 3.05) is 43.3 Å². The first-order chi connectivity index (χ1) is 16.7. The number of nitrogens with zero attached hydrogens (tertiary/aromatic N) is 4. The van der Waals surface area contributed by atoms with E-state index >= 15 is 0 Å². The van der Waals surface area contributed by atoms with Gasteiger partial charge in [0.1, 0.15) is 22.7 Å². The van der Waals surface area contributed by atoms with Crippen molar-refractivity contribution in [3.8, 4) is 11.5 Å². The summed E-state index contributed by atoms with van der Waals surface area (Å²) in [6, 6.07) is 6.46. The molecule has 12 nitrogen and oxygen atoms in total. The van der Waals surface area contributed by atoms with E-state index in [-0.39, 0.29) is 11.5 Å². The van der Waals surface area contributed by atoms with Crippen molar-refractivity contribution in [1.82, 2.24) is 9.55 Å². The van der Waals surface area contributed by atoms with Gasteiger partial charge in [0.25, 0.3) is 0 Å². The van der Waals surface area contributed by atoms with Gasteiger partial charge < -0.3 is 41.0 Å². The monoisotopic (exact) mass is 480 g/mol. The Morgan fingerprint density at radius 2 is 1.60 bits per heavy atom. The molecule has 2 aromatic carbocycles. The molecule has 0 radical (unpaired) electrons. The van der Waals surface area contributed by atoms with Crippen molar-refractivity contribution in [2.45, 2.75) is 12.8 Å². The standard InChI is InChI=1S/C23H28N8O4/c1-29-15-9-13(21(25)33)11-17(35-3)19(15)31(23(29)27)7-5-4-6-30-18-14(28-22(30)26)8-12(20(24)32)10-16(18)34-2/h4-5,8-11,23H,6-7,27H2,1-3H3,(H2,24,32)(H2,25,33)(H2,26,28)/b5-4+. The molecule has 2 heterocycles. The van der Waals surface area contributed by atoms with Gasteiger partial charge in [-0.2, -0.15) is 0 Å². The highest BCUT2D eigenvalue weighted by Crippen LogP contribution is 2.45. The smallest absolute Gasteiger partial charge is 0.248 e. The number of hydrogen-bond acceptors (Lipinski definition) is 9. The Morgan fingerprint density at radius 1 is 1.00 bits per heavy atom. The van der Waals surface area contributed by atoms with E-state index in [1.165, 1.54) is 14.2 Å². The van der Waals surface area contributed by atoms with Gasteiger partial charge in [-0.05, 0) is 24.3 Å². The predicted molar refractivity (Wildman–Crippen MR) is 134 cm³/mol. The molecule has 184 valence electrons. The number of benzene rings is 2. The highest BCUT2D eigenvalue weighted by molar-refractivity contribution is 5.99. The van der Waals surface area contributed by atoms with E-state index < -0.39 is 18.1 Å². The minimum atomic E-state index is -0.580. The molecule has 8 N–H and O–H groups in total. The van der Waals surface area contributed by atoms with Crippen molar-refractivity contribution < 1.29 is 19.1 Å². The van der Waals surface area contributed by atoms with Crippen LogP contribution >= 0.6 is 0 Å². The number of carbonyl (C=O) groups excluding carboxylic acids is 2. The quantitative estimate of drug-likeness (QED) is 0.335. The lowest BCUT2D eigenvalue weighted by atomic mass is 10.1. The van der Waals surface area contributed by atoms with E-state index in [9.17, 15) is 9.59 Å². The van der Waals surface area contributed by atoms with Gasteiger partial charge in [0, 0.05) is 31.3 Å². The van der Waals surface area contributed by atoms with Crippen LogP contribution in [-0.4, -0.2) is 55.5 Å². The van der Waals surface area contributed by atoms with Crippen LogP contribution in [0.15, 0.2) is 36.4 Å². The first-order valence-electron chi connectivity index (χ1n) is 10.7. The topological polar surface area (TPSA) is 181 Å². The van der Waals surface area contributed by atoms with E-state index in [1.54, 1.807) is 28.8 Å². The molecule has 2 amide bonds. The van der Waals surface area contributed by atoms with Gasteiger partial charge in [-0.15, -0.1) is 0 Å². The Bertz CT molecular complexity index is 1350. The maximum Gasteiger partial charge on any atom is 0.248 e.